The first-order chi connectivity index (χ1) is 3.15. The Morgan fingerprint density at radius 2 is 1.43 bits per heavy atom. The fourth-order valence-electron chi connectivity index (χ4n) is 0. The van der Waals surface area contributed by atoms with Gasteiger partial charge in [-0.2, -0.15) is 0 Å². The van der Waals surface area contributed by atoms with Crippen LogP contribution in [0.1, 0.15) is 0 Å². The molecule has 0 saturated carbocycles. The summed E-state index contributed by atoms with van der Waals surface area (Å²) in [6.07, 6.45) is 0. The summed E-state index contributed by atoms with van der Waals surface area (Å²) in [6, 6.07) is 0. The number of hydrogen-bond acceptors (Lipinski definition) is 0. The van der Waals surface area contributed by atoms with Crippen molar-refractivity contribution < 1.29 is 12.9 Å². The molecule has 0 saturated heterocycles. The Kier molecular flexibility index (Phi) is 17.7. The SMILES string of the molecule is Cl[CH2][K].FB(F)F. The van der Waals surface area contributed by atoms with Gasteiger partial charge < -0.3 is 0 Å². The Labute approximate surface area is 79.6 Å². The van der Waals surface area contributed by atoms with Crippen molar-refractivity contribution in [2.24, 2.45) is 0 Å². The molecular formula is CH2BClF3K. The number of rotatable bonds is 0. The minimum absolute atomic E-state index is 0.870. The van der Waals surface area contributed by atoms with Crippen molar-refractivity contribution in [1.82, 2.24) is 0 Å². The molecule has 7 heavy (non-hydrogen) atoms. The summed E-state index contributed by atoms with van der Waals surface area (Å²) in [5.41, 5.74) is 0. The van der Waals surface area contributed by atoms with Crippen molar-refractivity contribution in [3.8, 4) is 0 Å². The Hall–Kier alpha value is 1.78. The second kappa shape index (κ2) is 10.7. The van der Waals surface area contributed by atoms with Crippen LogP contribution in [0.25, 0.3) is 0 Å². The van der Waals surface area contributed by atoms with Gasteiger partial charge in [-0.05, 0) is 0 Å². The number of alkyl halides is 1. The summed E-state index contributed by atoms with van der Waals surface area (Å²) in [4.78, 5) is 0. The van der Waals surface area contributed by atoms with Crippen LogP contribution in [-0.4, -0.2) is 56.5 Å². The third-order valence-corrected chi connectivity index (χ3v) is 0. The van der Waals surface area contributed by atoms with Gasteiger partial charge in [-0.1, -0.05) is 0 Å². The van der Waals surface area contributed by atoms with Crippen LogP contribution in [0.3, 0.4) is 0 Å². The van der Waals surface area contributed by atoms with Crippen molar-refractivity contribution in [2.75, 3.05) is -0.0254 Å². The van der Waals surface area contributed by atoms with E-state index in [2.05, 4.69) is 0 Å². The minimum atomic E-state index is -3.67. The average Bonchev–Trinajstić information content (AvgIpc) is 1.33. The molecule has 6 heteroatoms. The van der Waals surface area contributed by atoms with Gasteiger partial charge in [0.2, 0.25) is 0 Å². The maximum atomic E-state index is 9.67. The van der Waals surface area contributed by atoms with E-state index in [0.717, 1.165) is 48.9 Å². The van der Waals surface area contributed by atoms with E-state index in [1.54, 1.807) is 0 Å². The predicted octanol–water partition coefficient (Wildman–Crippen LogP) is 1.23. The third kappa shape index (κ3) is 82.0. The average molecular weight is 156 g/mol. The smallest absolute Gasteiger partial charge is 0.254 e. The predicted molar refractivity (Wildman–Crippen MR) is 25.6 cm³/mol. The van der Waals surface area contributed by atoms with Crippen LogP contribution in [0.5, 0.6) is 0 Å². The first kappa shape index (κ1) is 11.6. The van der Waals surface area contributed by atoms with Gasteiger partial charge in [0.25, 0.3) is 0 Å². The zero-order valence-corrected chi connectivity index (χ0v) is 7.68. The molecule has 0 atom stereocenters. The standard InChI is InChI=1S/CH2Cl.BF3.K/c1-2;2-1(3)4;/h1H2;;. The second-order valence-corrected chi connectivity index (χ2v) is 3.55. The quantitative estimate of drug-likeness (QED) is 0.366. The van der Waals surface area contributed by atoms with E-state index in [0.29, 0.717) is 0 Å². The molecule has 0 aliphatic heterocycles. The van der Waals surface area contributed by atoms with Gasteiger partial charge in [0.1, 0.15) is 0 Å². The molecule has 0 nitrogen and oxygen atoms in total. The van der Waals surface area contributed by atoms with Gasteiger partial charge in [-0.15, -0.1) is 0 Å². The van der Waals surface area contributed by atoms with Crippen LogP contribution in [0.15, 0.2) is 0 Å². The summed E-state index contributed by atoms with van der Waals surface area (Å²) in [5.74, 6) is 0. The van der Waals surface area contributed by atoms with E-state index in [9.17, 15) is 12.9 Å². The molecule has 0 aromatic rings. The van der Waals surface area contributed by atoms with Gasteiger partial charge in [0, 0.05) is 0 Å². The van der Waals surface area contributed by atoms with E-state index in [1.807, 2.05) is 0 Å². The molecule has 0 spiro atoms. The zero-order chi connectivity index (χ0) is 6.28. The Morgan fingerprint density at radius 3 is 1.43 bits per heavy atom. The van der Waals surface area contributed by atoms with E-state index < -0.39 is 7.54 Å². The van der Waals surface area contributed by atoms with Crippen LogP contribution >= 0.6 is 11.6 Å². The van der Waals surface area contributed by atoms with Crippen molar-refractivity contribution in [3.63, 3.8) is 0 Å². The molecule has 0 bridgehead atoms. The van der Waals surface area contributed by atoms with E-state index in [1.165, 1.54) is 0 Å². The Morgan fingerprint density at radius 1 is 1.43 bits per heavy atom. The van der Waals surface area contributed by atoms with Gasteiger partial charge in [0.05, 0.1) is 0 Å². The van der Waals surface area contributed by atoms with Crippen LogP contribution in [-0.2, 0) is 0 Å². The monoisotopic (exact) mass is 156 g/mol. The van der Waals surface area contributed by atoms with Gasteiger partial charge in [0.15, 0.2) is 0 Å². The maximum absolute atomic E-state index is 9.67. The topological polar surface area (TPSA) is 0 Å². The van der Waals surface area contributed by atoms with E-state index >= 15 is 0 Å². The summed E-state index contributed by atoms with van der Waals surface area (Å²) < 4.78 is 29.9. The molecule has 0 radical (unpaired) electrons. The van der Waals surface area contributed by atoms with Crippen LogP contribution in [0, 0.1) is 0 Å². The molecule has 0 aliphatic rings. The molecule has 0 N–H and O–H groups in total. The van der Waals surface area contributed by atoms with Crippen LogP contribution in [0.4, 0.5) is 12.9 Å². The molecule has 38 valence electrons. The van der Waals surface area contributed by atoms with Crippen molar-refractivity contribution in [2.45, 2.75) is 0 Å². The molecule has 0 rings (SSSR count). The van der Waals surface area contributed by atoms with Crippen molar-refractivity contribution >= 4 is 68.1 Å². The molecular weight excluding hydrogens is 154 g/mol. The molecule has 0 heterocycles. The minimum Gasteiger partial charge on any atom is -0.254 e. The molecule has 0 aromatic carbocycles. The van der Waals surface area contributed by atoms with Gasteiger partial charge in [-0.3, -0.25) is 12.9 Å². The number of hydrogen-bond donors (Lipinski definition) is 0. The van der Waals surface area contributed by atoms with Crippen molar-refractivity contribution in [3.05, 3.63) is 0 Å². The molecule has 0 aliphatic carbocycles. The van der Waals surface area contributed by atoms with Gasteiger partial charge in [-0.25, -0.2) is 0 Å². The Bertz CT molecular complexity index is 26.1. The second-order valence-electron chi connectivity index (χ2n) is 0.515. The first-order valence-electron chi connectivity index (χ1n) is 1.63. The molecule has 0 aromatic heterocycles. The fraction of sp³-hybridized carbons (Fsp3) is 1.00. The summed E-state index contributed by atoms with van der Waals surface area (Å²) in [7, 11) is -3.67. The van der Waals surface area contributed by atoms with Crippen LogP contribution in [0.2, 0.25) is 0 Å². The number of halogens is 4. The third-order valence-electron chi connectivity index (χ3n) is 0. The summed E-state index contributed by atoms with van der Waals surface area (Å²) >= 11 is 5.95. The van der Waals surface area contributed by atoms with Gasteiger partial charge >= 0.3 is 68.1 Å². The summed E-state index contributed by atoms with van der Waals surface area (Å²) in [6.45, 7) is 0. The van der Waals surface area contributed by atoms with Crippen molar-refractivity contribution in [1.29, 1.82) is 0 Å². The van der Waals surface area contributed by atoms with Crippen LogP contribution < -0.4 is 0 Å². The summed E-state index contributed by atoms with van der Waals surface area (Å²) in [5, 5.41) is 0. The first-order valence-corrected chi connectivity index (χ1v) is 4.37. The van der Waals surface area contributed by atoms with E-state index in [4.69, 9.17) is 11.6 Å². The normalized spacial score (nSPS) is 6.57. The molecule has 0 fully saturated rings. The largest absolute Gasteiger partial charge is 0.762 e. The van der Waals surface area contributed by atoms with E-state index in [-0.39, 0.29) is 0 Å². The Balaban J connectivity index is 0. The molecule has 0 amide bonds. The fourth-order valence-corrected chi connectivity index (χ4v) is 0. The zero-order valence-electron chi connectivity index (χ0n) is 3.80. The maximum Gasteiger partial charge on any atom is 0.762 e. The molecule has 0 unspecified atom stereocenters.